The maximum Gasteiger partial charge on any atom is 0.243 e. The molecule has 0 aliphatic heterocycles. The topological polar surface area (TPSA) is 12.9 Å². The van der Waals surface area contributed by atoms with Gasteiger partial charge in [-0.3, -0.25) is 0 Å². The number of rotatable bonds is 4. The third-order valence-electron chi connectivity index (χ3n) is 10.8. The van der Waals surface area contributed by atoms with Gasteiger partial charge in [-0.05, 0) is 115 Å². The zero-order valence-electron chi connectivity index (χ0n) is 29.6. The number of hydrogen-bond donors (Lipinski definition) is 0. The number of hydrogen-bond acceptors (Lipinski definition) is 1. The van der Waals surface area contributed by atoms with Crippen molar-refractivity contribution >= 4 is 55.7 Å². The summed E-state index contributed by atoms with van der Waals surface area (Å²) in [6.07, 6.45) is 0. The Morgan fingerprint density at radius 2 is 0.936 bits per heavy atom. The van der Waals surface area contributed by atoms with E-state index in [1.54, 1.807) is 0 Å². The van der Waals surface area contributed by atoms with E-state index in [9.17, 15) is 0 Å². The zero-order valence-corrected chi connectivity index (χ0v) is 29.6. The summed E-state index contributed by atoms with van der Waals surface area (Å²) in [6.45, 7) is 23.2. The summed E-state index contributed by atoms with van der Waals surface area (Å²) < 4.78 is 0. The molecule has 2 heteroatoms. The molecule has 7 rings (SSSR count). The number of pyridine rings is 1. The van der Waals surface area contributed by atoms with Gasteiger partial charge in [0.15, 0.2) is 0 Å². The Kier molecular flexibility index (Phi) is 7.59. The average Bonchev–Trinajstić information content (AvgIpc) is 3.02. The molecule has 1 aromatic heterocycles. The van der Waals surface area contributed by atoms with Crippen LogP contribution < -0.4 is 16.4 Å². The van der Waals surface area contributed by atoms with E-state index in [-0.39, 0.29) is 6.71 Å². The van der Waals surface area contributed by atoms with Crippen LogP contribution >= 0.6 is 0 Å². The smallest absolute Gasteiger partial charge is 0.243 e. The maximum atomic E-state index is 5.17. The molecule has 0 spiro atoms. The number of aromatic nitrogens is 1. The number of fused-ring (bicyclic) bond motifs is 4. The molecule has 0 aliphatic rings. The molecule has 1 heterocycles. The molecule has 0 radical (unpaired) electrons. The lowest BCUT2D eigenvalue weighted by Gasteiger charge is -2.30. The fourth-order valence-corrected chi connectivity index (χ4v) is 8.73. The third-order valence-corrected chi connectivity index (χ3v) is 10.8. The van der Waals surface area contributed by atoms with Crippen LogP contribution in [0.2, 0.25) is 0 Å². The summed E-state index contributed by atoms with van der Waals surface area (Å²) in [5, 5.41) is 4.82. The molecule has 47 heavy (non-hydrogen) atoms. The van der Waals surface area contributed by atoms with Crippen molar-refractivity contribution < 1.29 is 0 Å². The second-order valence-electron chi connectivity index (χ2n) is 14.1. The fourth-order valence-electron chi connectivity index (χ4n) is 8.73. The van der Waals surface area contributed by atoms with Crippen LogP contribution in [0.1, 0.15) is 55.6 Å². The molecule has 0 N–H and O–H groups in total. The van der Waals surface area contributed by atoms with E-state index in [2.05, 4.69) is 154 Å². The minimum atomic E-state index is 0.145. The average molecular weight is 610 g/mol. The summed E-state index contributed by atoms with van der Waals surface area (Å²) >= 11 is 0. The summed E-state index contributed by atoms with van der Waals surface area (Å²) in [5.41, 5.74) is 22.7. The van der Waals surface area contributed by atoms with Gasteiger partial charge in [-0.15, -0.1) is 0 Å². The van der Waals surface area contributed by atoms with E-state index >= 15 is 0 Å². The van der Waals surface area contributed by atoms with Gasteiger partial charge in [0.25, 0.3) is 0 Å². The predicted molar refractivity (Wildman–Crippen MR) is 207 cm³/mol. The van der Waals surface area contributed by atoms with Gasteiger partial charge in [0, 0.05) is 16.2 Å². The Morgan fingerprint density at radius 3 is 1.49 bits per heavy atom. The highest BCUT2D eigenvalue weighted by Gasteiger charge is 2.33. The molecule has 232 valence electrons. The molecule has 0 bridgehead atoms. The van der Waals surface area contributed by atoms with Crippen molar-refractivity contribution in [2.24, 2.45) is 0 Å². The first-order valence-electron chi connectivity index (χ1n) is 16.9. The van der Waals surface area contributed by atoms with Crippen LogP contribution in [0, 0.1) is 69.2 Å². The number of para-hydroxylation sites is 1. The van der Waals surface area contributed by atoms with Crippen LogP contribution in [-0.4, -0.2) is 11.7 Å². The van der Waals surface area contributed by atoms with E-state index in [4.69, 9.17) is 4.98 Å². The molecular formula is C45H44BN. The van der Waals surface area contributed by atoms with Gasteiger partial charge in [0.2, 0.25) is 6.71 Å². The lowest BCUT2D eigenvalue weighted by Crippen LogP contribution is -2.57. The van der Waals surface area contributed by atoms with Crippen molar-refractivity contribution in [3.63, 3.8) is 0 Å². The van der Waals surface area contributed by atoms with E-state index in [0.717, 1.165) is 11.0 Å². The largest absolute Gasteiger partial charge is 0.247 e. The highest BCUT2D eigenvalue weighted by atomic mass is 14.7. The van der Waals surface area contributed by atoms with Gasteiger partial charge in [-0.25, -0.2) is 4.98 Å². The lowest BCUT2D eigenvalue weighted by atomic mass is 9.32. The maximum absolute atomic E-state index is 5.17. The van der Waals surface area contributed by atoms with E-state index in [1.807, 2.05) is 0 Å². The van der Waals surface area contributed by atoms with Crippen LogP contribution in [0.5, 0.6) is 0 Å². The van der Waals surface area contributed by atoms with Crippen LogP contribution in [0.25, 0.3) is 43.7 Å². The standard InChI is InChI=1S/C45H44BN/c1-25-19-27(3)42(28(4)20-25)46(43-29(5)21-26(2)22-30(43)6)44-33(9)31(7)41(32(8)34(44)10)39-24-36-23-35-15-11-14-18-40(35)47-45(36)38-17-13-12-16-37(38)39/h11-24H,1-10H3. The first kappa shape index (κ1) is 30.9. The van der Waals surface area contributed by atoms with Gasteiger partial charge in [-0.2, -0.15) is 0 Å². The van der Waals surface area contributed by atoms with Gasteiger partial charge in [0.1, 0.15) is 0 Å². The monoisotopic (exact) mass is 609 g/mol. The van der Waals surface area contributed by atoms with E-state index in [0.29, 0.717) is 0 Å². The number of aryl methyl sites for hydroxylation is 6. The molecule has 0 amide bonds. The van der Waals surface area contributed by atoms with Crippen molar-refractivity contribution in [3.8, 4) is 11.1 Å². The Labute approximate surface area is 280 Å². The fraction of sp³-hybridized carbons (Fsp3) is 0.222. The van der Waals surface area contributed by atoms with Crippen LogP contribution in [0.15, 0.2) is 84.9 Å². The van der Waals surface area contributed by atoms with Gasteiger partial charge < -0.3 is 0 Å². The summed E-state index contributed by atoms with van der Waals surface area (Å²) in [7, 11) is 0. The second kappa shape index (κ2) is 11.5. The highest BCUT2D eigenvalue weighted by Crippen LogP contribution is 2.39. The molecule has 0 fully saturated rings. The van der Waals surface area contributed by atoms with Crippen LogP contribution in [0.3, 0.4) is 0 Å². The van der Waals surface area contributed by atoms with E-state index in [1.165, 1.54) is 105 Å². The predicted octanol–water partition coefficient (Wildman–Crippen LogP) is 9.81. The normalized spacial score (nSPS) is 11.6. The van der Waals surface area contributed by atoms with Gasteiger partial charge >= 0.3 is 0 Å². The first-order valence-corrected chi connectivity index (χ1v) is 16.9. The van der Waals surface area contributed by atoms with Crippen molar-refractivity contribution in [2.75, 3.05) is 0 Å². The first-order chi connectivity index (χ1) is 22.5. The van der Waals surface area contributed by atoms with Crippen molar-refractivity contribution in [1.29, 1.82) is 0 Å². The summed E-state index contributed by atoms with van der Waals surface area (Å²) in [5.74, 6) is 0. The van der Waals surface area contributed by atoms with Crippen molar-refractivity contribution in [3.05, 3.63) is 141 Å². The zero-order chi connectivity index (χ0) is 33.3. The second-order valence-corrected chi connectivity index (χ2v) is 14.1. The molecule has 6 aromatic carbocycles. The highest BCUT2D eigenvalue weighted by molar-refractivity contribution is 6.97. The molecule has 1 nitrogen and oxygen atoms in total. The molecule has 0 saturated heterocycles. The lowest BCUT2D eigenvalue weighted by molar-refractivity contribution is 1.27. The Hall–Kier alpha value is -4.69. The van der Waals surface area contributed by atoms with Crippen molar-refractivity contribution in [2.45, 2.75) is 69.2 Å². The summed E-state index contributed by atoms with van der Waals surface area (Å²) in [4.78, 5) is 5.17. The minimum Gasteiger partial charge on any atom is -0.247 e. The summed E-state index contributed by atoms with van der Waals surface area (Å²) in [6, 6.07) is 31.5. The Bertz CT molecular complexity index is 2280. The molecule has 0 unspecified atom stereocenters. The van der Waals surface area contributed by atoms with Gasteiger partial charge in [-0.1, -0.05) is 128 Å². The Balaban J connectivity index is 1.56. The number of nitrogens with zero attached hydrogens (tertiary/aromatic N) is 1. The van der Waals surface area contributed by atoms with Crippen LogP contribution in [0.4, 0.5) is 0 Å². The quantitative estimate of drug-likeness (QED) is 0.110. The van der Waals surface area contributed by atoms with E-state index < -0.39 is 0 Å². The SMILES string of the molecule is Cc1cc(C)c(B(c2c(C)cc(C)cc2C)c2c(C)c(C)c(-c3cc4cc5ccccc5nc4c4ccccc34)c(C)c2C)c(C)c1. The van der Waals surface area contributed by atoms with Gasteiger partial charge in [0.05, 0.1) is 11.0 Å². The Morgan fingerprint density at radius 1 is 0.447 bits per heavy atom. The van der Waals surface area contributed by atoms with Crippen LogP contribution in [-0.2, 0) is 0 Å². The third kappa shape index (κ3) is 4.97. The number of benzene rings is 6. The minimum absolute atomic E-state index is 0.145. The molecule has 0 aliphatic carbocycles. The van der Waals surface area contributed by atoms with Crippen molar-refractivity contribution in [1.82, 2.24) is 4.98 Å². The molecular weight excluding hydrogens is 565 g/mol. The molecule has 7 aromatic rings. The molecule has 0 saturated carbocycles. The molecule has 0 atom stereocenters.